The number of likely N-dealkylation sites (tertiary alicyclic amines) is 1. The van der Waals surface area contributed by atoms with E-state index in [1.807, 2.05) is 0 Å². The molecule has 9 nitrogen and oxygen atoms in total. The molecule has 0 bridgehead atoms. The Kier molecular flexibility index (Phi) is 6.94. The van der Waals surface area contributed by atoms with Gasteiger partial charge in [-0.15, -0.1) is 23.2 Å². The van der Waals surface area contributed by atoms with Gasteiger partial charge in [-0.2, -0.15) is 0 Å². The van der Waals surface area contributed by atoms with Gasteiger partial charge >= 0.3 is 0 Å². The van der Waals surface area contributed by atoms with Gasteiger partial charge in [0, 0.05) is 13.0 Å². The zero-order valence-corrected chi connectivity index (χ0v) is 24.9. The second kappa shape index (κ2) is 10.0. The Bertz CT molecular complexity index is 1740. The van der Waals surface area contributed by atoms with Crippen LogP contribution in [0.1, 0.15) is 24.3 Å². The summed E-state index contributed by atoms with van der Waals surface area (Å²) in [5, 5.41) is 10.6. The molecule has 0 unspecified atom stereocenters. The molecule has 2 aliphatic carbocycles. The number of amides is 4. The number of hydrogen-bond acceptors (Lipinski definition) is 7. The zero-order valence-electron chi connectivity index (χ0n) is 23.4. The van der Waals surface area contributed by atoms with Crippen molar-refractivity contribution < 1.29 is 55.7 Å². The maximum absolute atomic E-state index is 15.1. The number of hydrogen-bond donors (Lipinski definition) is 1. The van der Waals surface area contributed by atoms with Crippen LogP contribution in [0.3, 0.4) is 0 Å². The number of fused-ring (bicyclic) bond motifs is 4. The van der Waals surface area contributed by atoms with Gasteiger partial charge in [-0.25, -0.2) is 26.9 Å². The molecule has 2 heterocycles. The van der Waals surface area contributed by atoms with Crippen molar-refractivity contribution >= 4 is 52.5 Å². The molecule has 4 amide bonds. The Morgan fingerprint density at radius 3 is 1.91 bits per heavy atom. The molecule has 1 saturated carbocycles. The van der Waals surface area contributed by atoms with E-state index in [2.05, 4.69) is 0 Å². The van der Waals surface area contributed by atoms with Gasteiger partial charge in [0.25, 0.3) is 11.8 Å². The largest absolute Gasteiger partial charge is 0.502 e. The highest BCUT2D eigenvalue weighted by atomic mass is 35.5. The summed E-state index contributed by atoms with van der Waals surface area (Å²) in [5.41, 5.74) is -1.62. The van der Waals surface area contributed by atoms with Crippen LogP contribution in [-0.2, 0) is 19.2 Å². The highest BCUT2D eigenvalue weighted by molar-refractivity contribution is 6.58. The van der Waals surface area contributed by atoms with Gasteiger partial charge in [-0.05, 0) is 36.5 Å². The van der Waals surface area contributed by atoms with E-state index >= 15 is 8.78 Å². The van der Waals surface area contributed by atoms with E-state index in [1.165, 1.54) is 33.4 Å². The van der Waals surface area contributed by atoms with Crippen molar-refractivity contribution in [1.29, 1.82) is 0 Å². The summed E-state index contributed by atoms with van der Waals surface area (Å²) in [6, 6.07) is 2.46. The maximum atomic E-state index is 15.1. The molecule has 4 aliphatic rings. The molecule has 6 rings (SSSR count). The highest BCUT2D eigenvalue weighted by Gasteiger charge is 2.77. The Balaban J connectivity index is 1.65. The predicted octanol–water partition coefficient (Wildman–Crippen LogP) is 4.30. The minimum absolute atomic E-state index is 0.0000133. The van der Waals surface area contributed by atoms with Crippen molar-refractivity contribution in [3.8, 4) is 17.2 Å². The van der Waals surface area contributed by atoms with Crippen molar-refractivity contribution in [3.63, 3.8) is 0 Å². The topological polar surface area (TPSA) is 113 Å². The van der Waals surface area contributed by atoms with Gasteiger partial charge in [0.1, 0.15) is 5.69 Å². The molecular formula is C29H21Cl2F5N2O7. The Hall–Kier alpha value is -3.91. The Morgan fingerprint density at radius 2 is 1.38 bits per heavy atom. The number of carbonyl (C=O) groups is 4. The number of methoxy groups -OCH3 is 2. The number of allylic oxidation sites excluding steroid dienone is 2. The highest BCUT2D eigenvalue weighted by Crippen LogP contribution is 2.66. The van der Waals surface area contributed by atoms with Gasteiger partial charge in [-0.3, -0.25) is 24.1 Å². The standard InChI is InChI=1S/C29H21Cl2F5N2O7/c1-37-24(40)11-5-4-10-12(15(11)25(37)41)8-28(30)26(42)38(22-20(35)18(33)17(32)19(34)21(22)36)27(43)29(28,31)16(10)9-6-13(44-2)23(39)14(7-9)45-3/h4,6-7,11-12,15-16,39H,5,8H2,1-3H3/t11-,12+,15-,16-,28+,29-/m0/s1. The average molecular weight is 675 g/mol. The number of phenols is 1. The number of imide groups is 2. The molecule has 2 aromatic rings. The molecule has 2 aromatic carbocycles. The van der Waals surface area contributed by atoms with Gasteiger partial charge < -0.3 is 14.6 Å². The molecular weight excluding hydrogens is 654 g/mol. The maximum Gasteiger partial charge on any atom is 0.258 e. The monoisotopic (exact) mass is 674 g/mol. The molecule has 16 heteroatoms. The number of nitrogens with zero attached hydrogens (tertiary/aromatic N) is 2. The van der Waals surface area contributed by atoms with E-state index < -0.39 is 104 Å². The van der Waals surface area contributed by atoms with Gasteiger partial charge in [0.05, 0.1) is 26.1 Å². The van der Waals surface area contributed by atoms with E-state index in [9.17, 15) is 37.5 Å². The van der Waals surface area contributed by atoms with Crippen LogP contribution in [-0.4, -0.2) is 64.7 Å². The number of rotatable bonds is 4. The van der Waals surface area contributed by atoms with E-state index in [1.54, 1.807) is 6.08 Å². The zero-order chi connectivity index (χ0) is 33.1. The number of halogens is 7. The first kappa shape index (κ1) is 31.1. The predicted molar refractivity (Wildman–Crippen MR) is 145 cm³/mol. The summed E-state index contributed by atoms with van der Waals surface area (Å²) < 4.78 is 83.2. The van der Waals surface area contributed by atoms with Crippen molar-refractivity contribution in [2.45, 2.75) is 28.5 Å². The number of carbonyl (C=O) groups excluding carboxylic acids is 4. The SMILES string of the molecule is COc1cc([C@H]2C3=CC[C@@H]4C(=O)N(C)C(=O)[C@@H]4[C@@H]3C[C@@]3(Cl)C(=O)N(c4c(F)c(F)c(F)c(F)c4F)C(=O)[C@@]23Cl)cc(OC)c1O. The van der Waals surface area contributed by atoms with Crippen LogP contribution in [0.15, 0.2) is 23.8 Å². The number of anilines is 1. The van der Waals surface area contributed by atoms with Crippen LogP contribution in [0.5, 0.6) is 17.2 Å². The fourth-order valence-electron chi connectivity index (χ4n) is 7.18. The smallest absolute Gasteiger partial charge is 0.258 e. The lowest BCUT2D eigenvalue weighted by Gasteiger charge is -2.50. The molecule has 0 radical (unpaired) electrons. The minimum Gasteiger partial charge on any atom is -0.502 e. The lowest BCUT2D eigenvalue weighted by atomic mass is 9.56. The molecule has 6 atom stereocenters. The molecule has 0 aromatic heterocycles. The molecule has 2 aliphatic heterocycles. The fourth-order valence-corrected chi connectivity index (χ4v) is 8.11. The summed E-state index contributed by atoms with van der Waals surface area (Å²) in [4.78, 5) is 49.9. The van der Waals surface area contributed by atoms with Crippen molar-refractivity contribution in [3.05, 3.63) is 58.4 Å². The van der Waals surface area contributed by atoms with Crippen LogP contribution in [0, 0.1) is 46.8 Å². The van der Waals surface area contributed by atoms with Crippen molar-refractivity contribution in [2.75, 3.05) is 26.2 Å². The normalized spacial score (nSPS) is 30.8. The van der Waals surface area contributed by atoms with E-state index in [0.717, 1.165) is 4.90 Å². The number of phenolic OH excluding ortho intramolecular Hbond substituents is 1. The van der Waals surface area contributed by atoms with Gasteiger partial charge in [-0.1, -0.05) is 11.6 Å². The second-order valence-electron chi connectivity index (χ2n) is 11.2. The molecule has 238 valence electrons. The van der Waals surface area contributed by atoms with Crippen LogP contribution < -0.4 is 14.4 Å². The summed E-state index contributed by atoms with van der Waals surface area (Å²) >= 11 is 14.1. The third kappa shape index (κ3) is 3.72. The quantitative estimate of drug-likeness (QED) is 0.129. The third-order valence-electron chi connectivity index (χ3n) is 9.28. The van der Waals surface area contributed by atoms with Crippen molar-refractivity contribution in [2.24, 2.45) is 17.8 Å². The first-order valence-electron chi connectivity index (χ1n) is 13.3. The van der Waals surface area contributed by atoms with Crippen LogP contribution in [0.2, 0.25) is 0 Å². The molecule has 3 fully saturated rings. The van der Waals surface area contributed by atoms with Crippen LogP contribution in [0.4, 0.5) is 27.6 Å². The van der Waals surface area contributed by atoms with E-state index in [0.29, 0.717) is 0 Å². The lowest BCUT2D eigenvalue weighted by Crippen LogP contribution is -2.60. The molecule has 1 N–H and O–H groups in total. The van der Waals surface area contributed by atoms with E-state index in [4.69, 9.17) is 32.7 Å². The molecule has 2 saturated heterocycles. The first-order valence-corrected chi connectivity index (χ1v) is 14.1. The summed E-state index contributed by atoms with van der Waals surface area (Å²) in [6.07, 6.45) is 0.920. The number of aromatic hydroxyl groups is 1. The number of ether oxygens (including phenoxy) is 2. The number of alkyl halides is 2. The second-order valence-corrected chi connectivity index (χ2v) is 12.4. The lowest BCUT2D eigenvalue weighted by molar-refractivity contribution is -0.138. The third-order valence-corrected chi connectivity index (χ3v) is 10.7. The number of benzene rings is 2. The van der Waals surface area contributed by atoms with Gasteiger partial charge in [0.15, 0.2) is 44.5 Å². The average Bonchev–Trinajstić information content (AvgIpc) is 3.33. The molecule has 45 heavy (non-hydrogen) atoms. The van der Waals surface area contributed by atoms with Crippen LogP contribution >= 0.6 is 23.2 Å². The minimum atomic E-state index is -2.72. The van der Waals surface area contributed by atoms with Gasteiger partial charge in [0.2, 0.25) is 23.4 Å². The Labute approximate surface area is 261 Å². The first-order chi connectivity index (χ1) is 21.1. The van der Waals surface area contributed by atoms with Crippen molar-refractivity contribution in [1.82, 2.24) is 4.90 Å². The summed E-state index contributed by atoms with van der Waals surface area (Å²) in [7, 11) is 3.67. The summed E-state index contributed by atoms with van der Waals surface area (Å²) in [6.45, 7) is 0. The molecule has 0 spiro atoms. The Morgan fingerprint density at radius 1 is 0.844 bits per heavy atom. The van der Waals surface area contributed by atoms with Crippen LogP contribution in [0.25, 0.3) is 0 Å². The van der Waals surface area contributed by atoms with E-state index in [-0.39, 0.29) is 34.0 Å². The fraction of sp³-hybridized carbons (Fsp3) is 0.379. The summed E-state index contributed by atoms with van der Waals surface area (Å²) in [5.74, 6) is -22.1.